The van der Waals surface area contributed by atoms with Gasteiger partial charge in [0.2, 0.25) is 5.91 Å². The van der Waals surface area contributed by atoms with Gasteiger partial charge in [-0.3, -0.25) is 10.1 Å². The third kappa shape index (κ3) is 5.01. The van der Waals surface area contributed by atoms with Crippen LogP contribution in [0, 0.1) is 6.92 Å². The van der Waals surface area contributed by atoms with Gasteiger partial charge in [-0.1, -0.05) is 0 Å². The molecule has 0 atom stereocenters. The van der Waals surface area contributed by atoms with Crippen LogP contribution in [0.15, 0.2) is 65.3 Å². The van der Waals surface area contributed by atoms with Gasteiger partial charge in [0, 0.05) is 11.8 Å². The molecule has 0 spiro atoms. The van der Waals surface area contributed by atoms with Gasteiger partial charge in [0.15, 0.2) is 5.11 Å². The maximum Gasteiger partial charge on any atom is 0.250 e. The summed E-state index contributed by atoms with van der Waals surface area (Å²) in [6.07, 6.45) is 4.45. The Morgan fingerprint density at radius 1 is 1.19 bits per heavy atom. The second-order valence-electron chi connectivity index (χ2n) is 6.86. The molecule has 2 aromatic heterocycles. The van der Waals surface area contributed by atoms with Gasteiger partial charge in [-0.15, -0.1) is 10.2 Å². The molecule has 0 fully saturated rings. The summed E-state index contributed by atoms with van der Waals surface area (Å²) >= 11 is 5.27. The smallest absolute Gasteiger partial charge is 0.250 e. The highest BCUT2D eigenvalue weighted by Gasteiger charge is 2.10. The molecule has 162 valence electrons. The minimum Gasteiger partial charge on any atom is -0.494 e. The van der Waals surface area contributed by atoms with E-state index in [1.54, 1.807) is 23.0 Å². The minimum atomic E-state index is -0.362. The lowest BCUT2D eigenvalue weighted by Crippen LogP contribution is -2.33. The zero-order chi connectivity index (χ0) is 22.5. The first-order chi connectivity index (χ1) is 15.5. The fourth-order valence-corrected chi connectivity index (χ4v) is 3.22. The Bertz CT molecular complexity index is 1280. The fraction of sp³-hybridized carbons (Fsp3) is 0.130. The molecule has 0 bridgehead atoms. The van der Waals surface area contributed by atoms with Crippen LogP contribution in [0.1, 0.15) is 18.2 Å². The lowest BCUT2D eigenvalue weighted by Gasteiger charge is -2.10. The Morgan fingerprint density at radius 3 is 2.62 bits per heavy atom. The third-order valence-electron chi connectivity index (χ3n) is 4.53. The number of carbonyl (C=O) groups excluding carboxylic acids is 1. The number of aromatic nitrogens is 3. The molecule has 0 saturated carbocycles. The maximum absolute atomic E-state index is 12.1. The standard InChI is InChI=1S/C23H21N5O3S/c1-3-30-18-8-6-16(7-9-18)28-26-20-13-15(2)19(14-21(20)27-28)24-23(32)25-22(29)11-10-17-5-4-12-31-17/h4-14H,3H2,1-2H3,(H2,24,25,29,32)/b11-10+. The molecule has 8 nitrogen and oxygen atoms in total. The first kappa shape index (κ1) is 21.3. The van der Waals surface area contributed by atoms with Crippen molar-refractivity contribution < 1.29 is 13.9 Å². The van der Waals surface area contributed by atoms with Crippen LogP contribution in [-0.2, 0) is 4.79 Å². The van der Waals surface area contributed by atoms with Crippen molar-refractivity contribution in [2.24, 2.45) is 0 Å². The van der Waals surface area contributed by atoms with Crippen LogP contribution in [0.3, 0.4) is 0 Å². The second kappa shape index (κ2) is 9.44. The zero-order valence-electron chi connectivity index (χ0n) is 17.5. The van der Waals surface area contributed by atoms with Crippen molar-refractivity contribution in [2.75, 3.05) is 11.9 Å². The van der Waals surface area contributed by atoms with E-state index in [4.69, 9.17) is 21.4 Å². The zero-order valence-corrected chi connectivity index (χ0v) is 18.3. The molecule has 0 aliphatic rings. The van der Waals surface area contributed by atoms with E-state index in [2.05, 4.69) is 20.8 Å². The second-order valence-corrected chi connectivity index (χ2v) is 7.27. The molecule has 9 heteroatoms. The quantitative estimate of drug-likeness (QED) is 0.337. The summed E-state index contributed by atoms with van der Waals surface area (Å²) in [4.78, 5) is 13.6. The number of aryl methyl sites for hydroxylation is 1. The first-order valence-electron chi connectivity index (χ1n) is 9.96. The molecule has 2 aromatic carbocycles. The van der Waals surface area contributed by atoms with Crippen LogP contribution in [0.4, 0.5) is 5.69 Å². The van der Waals surface area contributed by atoms with Crippen molar-refractivity contribution in [3.8, 4) is 11.4 Å². The summed E-state index contributed by atoms with van der Waals surface area (Å²) in [5, 5.41) is 15.0. The van der Waals surface area contributed by atoms with E-state index in [1.165, 1.54) is 12.3 Å². The molecule has 0 saturated heterocycles. The average Bonchev–Trinajstić information content (AvgIpc) is 3.43. The number of carbonyl (C=O) groups is 1. The number of ether oxygens (including phenoxy) is 1. The molecular weight excluding hydrogens is 426 g/mol. The summed E-state index contributed by atoms with van der Waals surface area (Å²) < 4.78 is 10.6. The van der Waals surface area contributed by atoms with E-state index in [0.29, 0.717) is 17.9 Å². The normalized spacial score (nSPS) is 11.1. The average molecular weight is 448 g/mol. The predicted molar refractivity (Wildman–Crippen MR) is 127 cm³/mol. The Morgan fingerprint density at radius 2 is 1.94 bits per heavy atom. The highest BCUT2D eigenvalue weighted by molar-refractivity contribution is 7.80. The molecule has 2 heterocycles. The van der Waals surface area contributed by atoms with Crippen molar-refractivity contribution in [2.45, 2.75) is 13.8 Å². The van der Waals surface area contributed by atoms with Crippen LogP contribution < -0.4 is 15.4 Å². The molecule has 1 amide bonds. The number of amides is 1. The Hall–Kier alpha value is -3.98. The van der Waals surface area contributed by atoms with E-state index in [1.807, 2.05) is 50.2 Å². The molecule has 0 aliphatic carbocycles. The number of anilines is 1. The van der Waals surface area contributed by atoms with Gasteiger partial charge in [-0.2, -0.15) is 4.80 Å². The van der Waals surface area contributed by atoms with Crippen LogP contribution in [0.2, 0.25) is 0 Å². The summed E-state index contributed by atoms with van der Waals surface area (Å²) in [6.45, 7) is 4.48. The lowest BCUT2D eigenvalue weighted by atomic mass is 10.2. The Kier molecular flexibility index (Phi) is 6.27. The maximum atomic E-state index is 12.1. The molecule has 0 aliphatic heterocycles. The monoisotopic (exact) mass is 447 g/mol. The van der Waals surface area contributed by atoms with Crippen molar-refractivity contribution in [3.05, 3.63) is 72.2 Å². The number of furan rings is 1. The first-order valence-corrected chi connectivity index (χ1v) is 10.4. The number of rotatable bonds is 6. The summed E-state index contributed by atoms with van der Waals surface area (Å²) in [5.74, 6) is 1.01. The van der Waals surface area contributed by atoms with Gasteiger partial charge in [0.1, 0.15) is 22.5 Å². The van der Waals surface area contributed by atoms with Crippen LogP contribution in [0.5, 0.6) is 5.75 Å². The van der Waals surface area contributed by atoms with Crippen molar-refractivity contribution >= 4 is 46.0 Å². The molecule has 4 aromatic rings. The van der Waals surface area contributed by atoms with Gasteiger partial charge < -0.3 is 14.5 Å². The van der Waals surface area contributed by atoms with Crippen molar-refractivity contribution in [1.29, 1.82) is 0 Å². The number of hydrogen-bond acceptors (Lipinski definition) is 6. The van der Waals surface area contributed by atoms with Crippen molar-refractivity contribution in [3.63, 3.8) is 0 Å². The van der Waals surface area contributed by atoms with Gasteiger partial charge in [0.05, 0.1) is 18.6 Å². The SMILES string of the molecule is CCOc1ccc(-n2nc3cc(C)c(NC(=S)NC(=O)/C=C/c4ccco4)cc3n2)cc1. The topological polar surface area (TPSA) is 94.2 Å². The molecule has 0 unspecified atom stereocenters. The fourth-order valence-electron chi connectivity index (χ4n) is 3.01. The summed E-state index contributed by atoms with van der Waals surface area (Å²) in [5.41, 5.74) is 3.91. The van der Waals surface area contributed by atoms with E-state index >= 15 is 0 Å². The Labute approximate surface area is 189 Å². The van der Waals surface area contributed by atoms with E-state index in [0.717, 1.165) is 28.2 Å². The van der Waals surface area contributed by atoms with E-state index in [9.17, 15) is 4.79 Å². The number of fused-ring (bicyclic) bond motifs is 1. The highest BCUT2D eigenvalue weighted by atomic mass is 32.1. The molecule has 0 radical (unpaired) electrons. The van der Waals surface area contributed by atoms with Gasteiger partial charge in [0.25, 0.3) is 0 Å². The third-order valence-corrected chi connectivity index (χ3v) is 4.74. The van der Waals surface area contributed by atoms with Crippen LogP contribution in [0.25, 0.3) is 22.8 Å². The number of thiocarbonyl (C=S) groups is 1. The summed E-state index contributed by atoms with van der Waals surface area (Å²) in [6, 6.07) is 14.8. The molecule has 32 heavy (non-hydrogen) atoms. The predicted octanol–water partition coefficient (Wildman–Crippen LogP) is 4.25. The minimum absolute atomic E-state index is 0.181. The Balaban J connectivity index is 1.46. The number of nitrogens with one attached hydrogen (secondary N) is 2. The molecule has 2 N–H and O–H groups in total. The highest BCUT2D eigenvalue weighted by Crippen LogP contribution is 2.23. The van der Waals surface area contributed by atoms with E-state index < -0.39 is 0 Å². The summed E-state index contributed by atoms with van der Waals surface area (Å²) in [7, 11) is 0. The molecular formula is C23H21N5O3S. The van der Waals surface area contributed by atoms with Crippen molar-refractivity contribution in [1.82, 2.24) is 20.3 Å². The van der Waals surface area contributed by atoms with Gasteiger partial charge in [-0.05, 0) is 86.2 Å². The largest absolute Gasteiger partial charge is 0.494 e. The van der Waals surface area contributed by atoms with Gasteiger partial charge in [-0.25, -0.2) is 0 Å². The van der Waals surface area contributed by atoms with Crippen LogP contribution in [-0.4, -0.2) is 32.6 Å². The number of hydrogen-bond donors (Lipinski definition) is 2. The number of benzene rings is 2. The lowest BCUT2D eigenvalue weighted by molar-refractivity contribution is -0.115. The number of nitrogens with zero attached hydrogens (tertiary/aromatic N) is 3. The molecule has 4 rings (SSSR count). The van der Waals surface area contributed by atoms with Crippen LogP contribution >= 0.6 is 12.2 Å². The van der Waals surface area contributed by atoms with E-state index in [-0.39, 0.29) is 11.0 Å². The van der Waals surface area contributed by atoms with Gasteiger partial charge >= 0.3 is 0 Å².